The van der Waals surface area contributed by atoms with E-state index in [1.165, 1.54) is 30.5 Å². The normalized spacial score (nSPS) is 11.1. The molecule has 0 fully saturated rings. The van der Waals surface area contributed by atoms with Crippen molar-refractivity contribution in [3.8, 4) is 11.5 Å². The maximum absolute atomic E-state index is 12.3. The summed E-state index contributed by atoms with van der Waals surface area (Å²) < 4.78 is 42.6. The lowest BCUT2D eigenvalue weighted by Crippen LogP contribution is -2.23. The van der Waals surface area contributed by atoms with E-state index in [0.29, 0.717) is 22.9 Å². The molecule has 152 valence electrons. The Hall–Kier alpha value is -3.30. The highest BCUT2D eigenvalue weighted by atomic mass is 32.2. The fraction of sp³-hybridized carbons (Fsp3) is 0.150. The Balaban J connectivity index is 1.51. The number of amides is 1. The molecule has 8 nitrogen and oxygen atoms in total. The van der Waals surface area contributed by atoms with Crippen LogP contribution in [0.2, 0.25) is 0 Å². The van der Waals surface area contributed by atoms with Crippen LogP contribution in [-0.4, -0.2) is 28.0 Å². The van der Waals surface area contributed by atoms with Gasteiger partial charge in [-0.15, -0.1) is 0 Å². The summed E-state index contributed by atoms with van der Waals surface area (Å²) in [7, 11) is -2.13. The Kier molecular flexibility index (Phi) is 6.53. The lowest BCUT2D eigenvalue weighted by atomic mass is 10.3. The van der Waals surface area contributed by atoms with Crippen molar-refractivity contribution in [2.75, 3.05) is 19.0 Å². The molecule has 1 amide bonds. The Morgan fingerprint density at radius 3 is 2.31 bits per heavy atom. The fourth-order valence-corrected chi connectivity index (χ4v) is 3.39. The van der Waals surface area contributed by atoms with Gasteiger partial charge in [0.2, 0.25) is 10.0 Å². The molecule has 9 heteroatoms. The van der Waals surface area contributed by atoms with Crippen LogP contribution in [0.25, 0.3) is 0 Å². The zero-order valence-corrected chi connectivity index (χ0v) is 16.4. The molecular weight excluding hydrogens is 396 g/mol. The molecule has 3 rings (SSSR count). The average Bonchev–Trinajstić information content (AvgIpc) is 3.25. The predicted molar refractivity (Wildman–Crippen MR) is 106 cm³/mol. The first kappa shape index (κ1) is 20.4. The Morgan fingerprint density at radius 1 is 1.00 bits per heavy atom. The number of methoxy groups -OCH3 is 1. The van der Waals surface area contributed by atoms with Gasteiger partial charge in [0.05, 0.1) is 24.8 Å². The van der Waals surface area contributed by atoms with Crippen LogP contribution in [0.3, 0.4) is 0 Å². The first-order valence-electron chi connectivity index (χ1n) is 8.65. The highest BCUT2D eigenvalue weighted by molar-refractivity contribution is 7.89. The van der Waals surface area contributed by atoms with Gasteiger partial charge in [0.25, 0.3) is 5.91 Å². The van der Waals surface area contributed by atoms with E-state index in [9.17, 15) is 13.2 Å². The van der Waals surface area contributed by atoms with Gasteiger partial charge in [-0.25, -0.2) is 13.1 Å². The maximum Gasteiger partial charge on any atom is 0.262 e. The number of benzene rings is 2. The van der Waals surface area contributed by atoms with E-state index in [1.54, 1.807) is 43.5 Å². The number of anilines is 1. The number of sulfonamides is 1. The summed E-state index contributed by atoms with van der Waals surface area (Å²) in [6, 6.07) is 16.0. The van der Waals surface area contributed by atoms with E-state index in [4.69, 9.17) is 13.9 Å². The second kappa shape index (κ2) is 9.26. The van der Waals surface area contributed by atoms with Gasteiger partial charge in [-0.1, -0.05) is 0 Å². The third-order valence-corrected chi connectivity index (χ3v) is 5.31. The topological polar surface area (TPSA) is 107 Å². The van der Waals surface area contributed by atoms with E-state index >= 15 is 0 Å². The summed E-state index contributed by atoms with van der Waals surface area (Å²) in [5.74, 6) is 1.36. The van der Waals surface area contributed by atoms with Crippen LogP contribution in [-0.2, 0) is 21.4 Å². The second-order valence-corrected chi connectivity index (χ2v) is 7.71. The predicted octanol–water partition coefficient (Wildman–Crippen LogP) is 2.78. The van der Waals surface area contributed by atoms with Gasteiger partial charge < -0.3 is 19.2 Å². The van der Waals surface area contributed by atoms with Crippen molar-refractivity contribution in [2.45, 2.75) is 11.4 Å². The summed E-state index contributed by atoms with van der Waals surface area (Å²) in [6.45, 7) is -0.131. The van der Waals surface area contributed by atoms with E-state index in [2.05, 4.69) is 10.0 Å². The van der Waals surface area contributed by atoms with Crippen molar-refractivity contribution in [1.29, 1.82) is 0 Å². The fourth-order valence-electron chi connectivity index (χ4n) is 2.40. The number of hydrogen-bond acceptors (Lipinski definition) is 6. The number of carbonyl (C=O) groups is 1. The van der Waals surface area contributed by atoms with Gasteiger partial charge in [0, 0.05) is 5.69 Å². The lowest BCUT2D eigenvalue weighted by molar-refractivity contribution is -0.118. The number of nitrogens with one attached hydrogen (secondary N) is 2. The van der Waals surface area contributed by atoms with E-state index < -0.39 is 10.0 Å². The summed E-state index contributed by atoms with van der Waals surface area (Å²) >= 11 is 0. The van der Waals surface area contributed by atoms with Crippen molar-refractivity contribution in [3.05, 3.63) is 72.7 Å². The minimum atomic E-state index is -3.69. The number of hydrogen-bond donors (Lipinski definition) is 2. The van der Waals surface area contributed by atoms with Crippen LogP contribution in [0, 0.1) is 0 Å². The van der Waals surface area contributed by atoms with Crippen molar-refractivity contribution in [2.24, 2.45) is 0 Å². The van der Waals surface area contributed by atoms with E-state index in [-0.39, 0.29) is 24.0 Å². The lowest BCUT2D eigenvalue weighted by Gasteiger charge is -2.09. The molecule has 0 aliphatic rings. The largest absolute Gasteiger partial charge is 0.497 e. The molecule has 29 heavy (non-hydrogen) atoms. The number of furan rings is 1. The quantitative estimate of drug-likeness (QED) is 0.556. The third kappa shape index (κ3) is 5.84. The molecule has 0 radical (unpaired) electrons. The van der Waals surface area contributed by atoms with Crippen LogP contribution < -0.4 is 19.5 Å². The molecule has 1 aromatic heterocycles. The molecule has 0 spiro atoms. The standard InChI is InChI=1S/C20H20N2O6S/c1-26-16-6-8-17(9-7-16)28-14-20(23)22-15-4-10-19(11-5-15)29(24,25)21-13-18-3-2-12-27-18/h2-12,21H,13-14H2,1H3,(H,22,23). The average molecular weight is 416 g/mol. The van der Waals surface area contributed by atoms with Crippen LogP contribution in [0.1, 0.15) is 5.76 Å². The minimum Gasteiger partial charge on any atom is -0.497 e. The summed E-state index contributed by atoms with van der Waals surface area (Å²) in [5.41, 5.74) is 0.457. The first-order valence-corrected chi connectivity index (χ1v) is 10.1. The van der Waals surface area contributed by atoms with Gasteiger partial charge in [-0.2, -0.15) is 0 Å². The molecule has 1 heterocycles. The van der Waals surface area contributed by atoms with Gasteiger partial charge in [0.15, 0.2) is 6.61 Å². The number of carbonyl (C=O) groups excluding carboxylic acids is 1. The van der Waals surface area contributed by atoms with Gasteiger partial charge >= 0.3 is 0 Å². The summed E-state index contributed by atoms with van der Waals surface area (Å²) in [5, 5.41) is 2.65. The van der Waals surface area contributed by atoms with Crippen molar-refractivity contribution in [1.82, 2.24) is 4.72 Å². The Morgan fingerprint density at radius 2 is 1.69 bits per heavy atom. The van der Waals surface area contributed by atoms with Gasteiger partial charge in [-0.3, -0.25) is 4.79 Å². The van der Waals surface area contributed by atoms with Gasteiger partial charge in [0.1, 0.15) is 17.3 Å². The first-order chi connectivity index (χ1) is 14.0. The third-order valence-electron chi connectivity index (χ3n) is 3.89. The molecule has 2 N–H and O–H groups in total. The smallest absolute Gasteiger partial charge is 0.262 e. The highest BCUT2D eigenvalue weighted by Crippen LogP contribution is 2.17. The molecule has 3 aromatic rings. The second-order valence-electron chi connectivity index (χ2n) is 5.94. The maximum atomic E-state index is 12.3. The molecule has 0 atom stereocenters. The molecule has 0 saturated heterocycles. The van der Waals surface area contributed by atoms with Crippen molar-refractivity contribution in [3.63, 3.8) is 0 Å². The van der Waals surface area contributed by atoms with Crippen LogP contribution in [0.5, 0.6) is 11.5 Å². The van der Waals surface area contributed by atoms with E-state index in [1.807, 2.05) is 0 Å². The number of rotatable bonds is 9. The minimum absolute atomic E-state index is 0.0521. The highest BCUT2D eigenvalue weighted by Gasteiger charge is 2.14. The number of ether oxygens (including phenoxy) is 2. The van der Waals surface area contributed by atoms with Crippen molar-refractivity contribution >= 4 is 21.6 Å². The van der Waals surface area contributed by atoms with E-state index in [0.717, 1.165) is 0 Å². The SMILES string of the molecule is COc1ccc(OCC(=O)Nc2ccc(S(=O)(=O)NCc3ccco3)cc2)cc1. The molecule has 0 aliphatic heterocycles. The zero-order chi connectivity index (χ0) is 20.7. The molecule has 0 aliphatic carbocycles. The van der Waals surface area contributed by atoms with Crippen LogP contribution in [0.15, 0.2) is 76.2 Å². The molecule has 2 aromatic carbocycles. The van der Waals surface area contributed by atoms with Crippen LogP contribution >= 0.6 is 0 Å². The molecule has 0 bridgehead atoms. The molecular formula is C20H20N2O6S. The summed E-state index contributed by atoms with van der Waals surface area (Å²) in [6.07, 6.45) is 1.47. The zero-order valence-electron chi connectivity index (χ0n) is 15.6. The summed E-state index contributed by atoms with van der Waals surface area (Å²) in [4.78, 5) is 12.1. The van der Waals surface area contributed by atoms with Gasteiger partial charge in [-0.05, 0) is 60.7 Å². The van der Waals surface area contributed by atoms with Crippen LogP contribution in [0.4, 0.5) is 5.69 Å². The molecule has 0 unspecified atom stereocenters. The molecule has 0 saturated carbocycles. The Bertz CT molecular complexity index is 1030. The van der Waals surface area contributed by atoms with Crippen molar-refractivity contribution < 1.29 is 27.1 Å². The Labute approximate surface area is 168 Å². The monoisotopic (exact) mass is 416 g/mol.